The summed E-state index contributed by atoms with van der Waals surface area (Å²) in [5.74, 6) is 1.30. The van der Waals surface area contributed by atoms with E-state index in [1.807, 2.05) is 46.1 Å². The van der Waals surface area contributed by atoms with Crippen LogP contribution in [-0.2, 0) is 0 Å². The van der Waals surface area contributed by atoms with Crippen molar-refractivity contribution in [2.45, 2.75) is 13.8 Å². The molecule has 0 saturated carbocycles. The van der Waals surface area contributed by atoms with Crippen molar-refractivity contribution in [3.05, 3.63) is 45.8 Å². The molecule has 0 N–H and O–H groups in total. The summed E-state index contributed by atoms with van der Waals surface area (Å²) in [4.78, 5) is 21.6. The van der Waals surface area contributed by atoms with Crippen LogP contribution in [0.3, 0.4) is 0 Å². The predicted molar refractivity (Wildman–Crippen MR) is 106 cm³/mol. The summed E-state index contributed by atoms with van der Waals surface area (Å²) in [6.45, 7) is 4.99. The maximum atomic E-state index is 13.1. The highest BCUT2D eigenvalue weighted by Gasteiger charge is 2.24. The Morgan fingerprint density at radius 2 is 2.00 bits per heavy atom. The van der Waals surface area contributed by atoms with Crippen molar-refractivity contribution in [1.82, 2.24) is 9.88 Å². The van der Waals surface area contributed by atoms with E-state index in [4.69, 9.17) is 4.42 Å². The average molecular weight is 422 g/mol. The number of fused-ring (bicyclic) bond motifs is 1. The van der Waals surface area contributed by atoms with Crippen LogP contribution in [0.4, 0.5) is 5.13 Å². The topological polar surface area (TPSA) is 49.6 Å². The van der Waals surface area contributed by atoms with E-state index < -0.39 is 0 Å². The number of thiazole rings is 1. The standard InChI is InChI=1S/C18H20BrN3O2S/c1-11-9-14(12(2)24-11)17(23)22(8-7-21(3)4)18-20-15-6-5-13(19)10-16(15)25-18/h5-6,9-10H,7-8H2,1-4H3. The smallest absolute Gasteiger partial charge is 0.263 e. The van der Waals surface area contributed by atoms with Gasteiger partial charge in [0, 0.05) is 17.6 Å². The van der Waals surface area contributed by atoms with E-state index in [0.29, 0.717) is 23.0 Å². The van der Waals surface area contributed by atoms with Crippen molar-refractivity contribution in [3.63, 3.8) is 0 Å². The van der Waals surface area contributed by atoms with Crippen LogP contribution in [0.2, 0.25) is 0 Å². The Morgan fingerprint density at radius 1 is 1.24 bits per heavy atom. The van der Waals surface area contributed by atoms with E-state index in [-0.39, 0.29) is 5.91 Å². The van der Waals surface area contributed by atoms with Crippen LogP contribution in [-0.4, -0.2) is 43.0 Å². The van der Waals surface area contributed by atoms with Gasteiger partial charge in [0.15, 0.2) is 5.13 Å². The number of hydrogen-bond acceptors (Lipinski definition) is 5. The van der Waals surface area contributed by atoms with E-state index in [1.54, 1.807) is 11.0 Å². The first kappa shape index (κ1) is 18.1. The molecule has 2 heterocycles. The molecule has 0 unspecified atom stereocenters. The van der Waals surface area contributed by atoms with Gasteiger partial charge in [-0.15, -0.1) is 0 Å². The molecule has 1 amide bonds. The van der Waals surface area contributed by atoms with Gasteiger partial charge in [-0.2, -0.15) is 0 Å². The molecule has 3 aromatic rings. The lowest BCUT2D eigenvalue weighted by Gasteiger charge is -2.21. The minimum Gasteiger partial charge on any atom is -0.466 e. The molecular weight excluding hydrogens is 402 g/mol. The van der Waals surface area contributed by atoms with E-state index in [0.717, 1.165) is 27.0 Å². The number of hydrogen-bond donors (Lipinski definition) is 0. The number of amides is 1. The summed E-state index contributed by atoms with van der Waals surface area (Å²) in [7, 11) is 3.98. The summed E-state index contributed by atoms with van der Waals surface area (Å²) in [6, 6.07) is 7.74. The zero-order valence-electron chi connectivity index (χ0n) is 14.7. The minimum atomic E-state index is -0.0747. The Labute approximate surface area is 159 Å². The van der Waals surface area contributed by atoms with Gasteiger partial charge < -0.3 is 9.32 Å². The largest absolute Gasteiger partial charge is 0.466 e. The van der Waals surface area contributed by atoms with Gasteiger partial charge in [0.1, 0.15) is 11.5 Å². The minimum absolute atomic E-state index is 0.0747. The number of anilines is 1. The molecule has 0 saturated heterocycles. The van der Waals surface area contributed by atoms with Gasteiger partial charge in [-0.05, 0) is 52.2 Å². The fourth-order valence-corrected chi connectivity index (χ4v) is 4.12. The van der Waals surface area contributed by atoms with Crippen LogP contribution in [0.15, 0.2) is 33.2 Å². The van der Waals surface area contributed by atoms with E-state index in [2.05, 4.69) is 25.8 Å². The molecule has 132 valence electrons. The van der Waals surface area contributed by atoms with Crippen molar-refractivity contribution in [3.8, 4) is 0 Å². The van der Waals surface area contributed by atoms with Crippen molar-refractivity contribution in [1.29, 1.82) is 0 Å². The molecule has 7 heteroatoms. The number of nitrogens with zero attached hydrogens (tertiary/aromatic N) is 3. The number of benzene rings is 1. The van der Waals surface area contributed by atoms with Crippen LogP contribution in [0, 0.1) is 13.8 Å². The molecule has 2 aromatic heterocycles. The molecule has 1 aromatic carbocycles. The van der Waals surface area contributed by atoms with E-state index in [1.165, 1.54) is 11.3 Å². The van der Waals surface area contributed by atoms with Crippen LogP contribution < -0.4 is 4.90 Å². The lowest BCUT2D eigenvalue weighted by Crippen LogP contribution is -2.36. The number of aromatic nitrogens is 1. The van der Waals surface area contributed by atoms with Crippen LogP contribution in [0.1, 0.15) is 21.9 Å². The highest BCUT2D eigenvalue weighted by molar-refractivity contribution is 9.10. The lowest BCUT2D eigenvalue weighted by atomic mass is 10.2. The van der Waals surface area contributed by atoms with Crippen LogP contribution in [0.25, 0.3) is 10.2 Å². The predicted octanol–water partition coefficient (Wildman–Crippen LogP) is 4.48. The van der Waals surface area contributed by atoms with Crippen molar-refractivity contribution < 1.29 is 9.21 Å². The Morgan fingerprint density at radius 3 is 2.64 bits per heavy atom. The molecular formula is C18H20BrN3O2S. The quantitative estimate of drug-likeness (QED) is 0.609. The first-order valence-corrected chi connectivity index (χ1v) is 9.56. The Bertz CT molecular complexity index is 916. The van der Waals surface area contributed by atoms with Gasteiger partial charge >= 0.3 is 0 Å². The molecule has 25 heavy (non-hydrogen) atoms. The molecule has 0 aliphatic carbocycles. The summed E-state index contributed by atoms with van der Waals surface area (Å²) >= 11 is 5.01. The maximum absolute atomic E-state index is 13.1. The Kier molecular flexibility index (Phi) is 5.27. The summed E-state index contributed by atoms with van der Waals surface area (Å²) in [5.41, 5.74) is 1.49. The van der Waals surface area contributed by atoms with Gasteiger partial charge in [0.2, 0.25) is 0 Å². The Balaban J connectivity index is 2.00. The van der Waals surface area contributed by atoms with E-state index in [9.17, 15) is 4.79 Å². The van der Waals surface area contributed by atoms with Crippen LogP contribution >= 0.6 is 27.3 Å². The monoisotopic (exact) mass is 421 g/mol. The molecule has 0 aliphatic rings. The van der Waals surface area contributed by atoms with Gasteiger partial charge in [-0.1, -0.05) is 27.3 Å². The zero-order chi connectivity index (χ0) is 18.1. The summed E-state index contributed by atoms with van der Waals surface area (Å²) < 4.78 is 7.59. The molecule has 0 fully saturated rings. The summed E-state index contributed by atoms with van der Waals surface area (Å²) in [5, 5.41) is 0.707. The average Bonchev–Trinajstić information content (AvgIpc) is 3.09. The van der Waals surface area contributed by atoms with Crippen molar-refractivity contribution in [2.75, 3.05) is 32.1 Å². The fourth-order valence-electron chi connectivity index (χ4n) is 2.57. The first-order chi connectivity index (χ1) is 11.8. The number of carbonyl (C=O) groups is 1. The molecule has 0 bridgehead atoms. The third-order valence-electron chi connectivity index (χ3n) is 3.86. The van der Waals surface area contributed by atoms with Gasteiger partial charge in [0.25, 0.3) is 5.91 Å². The second kappa shape index (κ2) is 7.27. The third kappa shape index (κ3) is 3.94. The Hall–Kier alpha value is -1.70. The SMILES string of the molecule is Cc1cc(C(=O)N(CCN(C)C)c2nc3ccc(Br)cc3s2)c(C)o1. The molecule has 0 radical (unpaired) electrons. The maximum Gasteiger partial charge on any atom is 0.263 e. The molecule has 0 spiro atoms. The first-order valence-electron chi connectivity index (χ1n) is 7.95. The highest BCUT2D eigenvalue weighted by Crippen LogP contribution is 2.32. The molecule has 3 rings (SSSR count). The van der Waals surface area contributed by atoms with Crippen molar-refractivity contribution in [2.24, 2.45) is 0 Å². The second-order valence-electron chi connectivity index (χ2n) is 6.20. The third-order valence-corrected chi connectivity index (χ3v) is 5.39. The number of likely N-dealkylation sites (N-methyl/N-ethyl adjacent to an activating group) is 1. The summed E-state index contributed by atoms with van der Waals surface area (Å²) in [6.07, 6.45) is 0. The normalized spacial score (nSPS) is 11.4. The highest BCUT2D eigenvalue weighted by atomic mass is 79.9. The fraction of sp³-hybridized carbons (Fsp3) is 0.333. The number of aryl methyl sites for hydroxylation is 2. The van der Waals surface area contributed by atoms with Crippen LogP contribution in [0.5, 0.6) is 0 Å². The number of rotatable bonds is 5. The number of furan rings is 1. The number of carbonyl (C=O) groups excluding carboxylic acids is 1. The zero-order valence-corrected chi connectivity index (χ0v) is 17.1. The molecule has 5 nitrogen and oxygen atoms in total. The van der Waals surface area contributed by atoms with E-state index >= 15 is 0 Å². The second-order valence-corrected chi connectivity index (χ2v) is 8.12. The van der Waals surface area contributed by atoms with Gasteiger partial charge in [-0.3, -0.25) is 9.69 Å². The number of halogens is 1. The molecule has 0 atom stereocenters. The van der Waals surface area contributed by atoms with Crippen molar-refractivity contribution >= 4 is 48.5 Å². The molecule has 0 aliphatic heterocycles. The van der Waals surface area contributed by atoms with Gasteiger partial charge in [-0.25, -0.2) is 4.98 Å². The van der Waals surface area contributed by atoms with Gasteiger partial charge in [0.05, 0.1) is 15.8 Å². The lowest BCUT2D eigenvalue weighted by molar-refractivity contribution is 0.0983.